The highest BCUT2D eigenvalue weighted by molar-refractivity contribution is 5.69. The summed E-state index contributed by atoms with van der Waals surface area (Å²) >= 11 is 0. The molecule has 1 saturated carbocycles. The molecule has 1 atom stereocenters. The number of hydrogen-bond donors (Lipinski definition) is 0. The summed E-state index contributed by atoms with van der Waals surface area (Å²) in [6, 6.07) is 0. The fourth-order valence-electron chi connectivity index (χ4n) is 1.91. The first-order valence-electron chi connectivity index (χ1n) is 5.79. The van der Waals surface area contributed by atoms with Gasteiger partial charge in [-0.15, -0.1) is 0 Å². The summed E-state index contributed by atoms with van der Waals surface area (Å²) in [6.07, 6.45) is 8.51. The molecule has 0 amide bonds. The van der Waals surface area contributed by atoms with Gasteiger partial charge in [-0.2, -0.15) is 0 Å². The SMILES string of the molecule is COC(=O)CCC(C)CCC1CCC1. The van der Waals surface area contributed by atoms with E-state index in [1.54, 1.807) is 0 Å². The first-order valence-corrected chi connectivity index (χ1v) is 5.79. The zero-order chi connectivity index (χ0) is 10.4. The predicted molar refractivity (Wildman–Crippen MR) is 57.0 cm³/mol. The minimum atomic E-state index is -0.0690. The highest BCUT2D eigenvalue weighted by Gasteiger charge is 2.18. The zero-order valence-electron chi connectivity index (χ0n) is 9.42. The third kappa shape index (κ3) is 4.12. The van der Waals surface area contributed by atoms with Gasteiger partial charge in [0.25, 0.3) is 0 Å². The molecule has 1 aliphatic rings. The number of rotatable bonds is 6. The lowest BCUT2D eigenvalue weighted by atomic mass is 9.80. The van der Waals surface area contributed by atoms with Crippen molar-refractivity contribution in [3.05, 3.63) is 0 Å². The molecule has 1 fully saturated rings. The molecule has 0 spiro atoms. The van der Waals surface area contributed by atoms with Gasteiger partial charge in [0.15, 0.2) is 0 Å². The average Bonchev–Trinajstić information content (AvgIpc) is 2.11. The van der Waals surface area contributed by atoms with E-state index < -0.39 is 0 Å². The Morgan fingerprint density at radius 2 is 2.14 bits per heavy atom. The fourth-order valence-corrected chi connectivity index (χ4v) is 1.91. The lowest BCUT2D eigenvalue weighted by molar-refractivity contribution is -0.140. The van der Waals surface area contributed by atoms with Crippen molar-refractivity contribution in [3.8, 4) is 0 Å². The van der Waals surface area contributed by atoms with Crippen molar-refractivity contribution in [3.63, 3.8) is 0 Å². The molecular weight excluding hydrogens is 176 g/mol. The lowest BCUT2D eigenvalue weighted by Crippen LogP contribution is -2.12. The van der Waals surface area contributed by atoms with Gasteiger partial charge in [0.05, 0.1) is 7.11 Å². The Hall–Kier alpha value is -0.530. The quantitative estimate of drug-likeness (QED) is 0.613. The van der Waals surface area contributed by atoms with Crippen LogP contribution in [0.4, 0.5) is 0 Å². The topological polar surface area (TPSA) is 26.3 Å². The number of hydrogen-bond acceptors (Lipinski definition) is 2. The molecule has 1 aliphatic carbocycles. The first-order chi connectivity index (χ1) is 6.72. The molecule has 0 aromatic carbocycles. The maximum absolute atomic E-state index is 10.9. The van der Waals surface area contributed by atoms with Gasteiger partial charge < -0.3 is 4.74 Å². The van der Waals surface area contributed by atoms with Crippen molar-refractivity contribution >= 4 is 5.97 Å². The summed E-state index contributed by atoms with van der Waals surface area (Å²) in [7, 11) is 1.46. The van der Waals surface area contributed by atoms with Crippen LogP contribution in [0.3, 0.4) is 0 Å². The van der Waals surface area contributed by atoms with E-state index in [1.165, 1.54) is 39.2 Å². The van der Waals surface area contributed by atoms with Crippen molar-refractivity contribution in [2.45, 2.75) is 51.9 Å². The van der Waals surface area contributed by atoms with Crippen molar-refractivity contribution in [2.75, 3.05) is 7.11 Å². The Balaban J connectivity index is 1.97. The number of methoxy groups -OCH3 is 1. The molecule has 0 aromatic heterocycles. The van der Waals surface area contributed by atoms with Crippen LogP contribution >= 0.6 is 0 Å². The van der Waals surface area contributed by atoms with E-state index in [9.17, 15) is 4.79 Å². The van der Waals surface area contributed by atoms with Gasteiger partial charge in [-0.05, 0) is 18.3 Å². The lowest BCUT2D eigenvalue weighted by Gasteiger charge is -2.26. The van der Waals surface area contributed by atoms with Crippen LogP contribution in [0.25, 0.3) is 0 Å². The predicted octanol–water partition coefficient (Wildman–Crippen LogP) is 3.16. The first kappa shape index (κ1) is 11.5. The Bertz CT molecular complexity index is 173. The van der Waals surface area contributed by atoms with Crippen LogP contribution in [0.2, 0.25) is 0 Å². The Morgan fingerprint density at radius 1 is 1.43 bits per heavy atom. The normalized spacial score (nSPS) is 18.7. The molecule has 1 rings (SSSR count). The van der Waals surface area contributed by atoms with Gasteiger partial charge in [0, 0.05) is 6.42 Å². The molecule has 82 valence electrons. The van der Waals surface area contributed by atoms with Crippen LogP contribution in [-0.2, 0) is 9.53 Å². The highest BCUT2D eigenvalue weighted by Crippen LogP contribution is 2.32. The summed E-state index contributed by atoms with van der Waals surface area (Å²) in [5.41, 5.74) is 0. The van der Waals surface area contributed by atoms with E-state index in [0.29, 0.717) is 12.3 Å². The number of esters is 1. The molecule has 14 heavy (non-hydrogen) atoms. The molecular formula is C12H22O2. The second-order valence-electron chi connectivity index (χ2n) is 4.59. The number of carbonyl (C=O) groups excluding carboxylic acids is 1. The largest absolute Gasteiger partial charge is 0.469 e. The second-order valence-corrected chi connectivity index (χ2v) is 4.59. The van der Waals surface area contributed by atoms with Gasteiger partial charge in [0.1, 0.15) is 0 Å². The van der Waals surface area contributed by atoms with Crippen LogP contribution in [0.15, 0.2) is 0 Å². The summed E-state index contributed by atoms with van der Waals surface area (Å²) in [5.74, 6) is 1.60. The van der Waals surface area contributed by atoms with E-state index in [-0.39, 0.29) is 5.97 Å². The molecule has 0 radical (unpaired) electrons. The van der Waals surface area contributed by atoms with Crippen molar-refractivity contribution < 1.29 is 9.53 Å². The number of carbonyl (C=O) groups is 1. The van der Waals surface area contributed by atoms with E-state index in [4.69, 9.17) is 0 Å². The van der Waals surface area contributed by atoms with Gasteiger partial charge in [0.2, 0.25) is 0 Å². The van der Waals surface area contributed by atoms with Crippen molar-refractivity contribution in [1.82, 2.24) is 0 Å². The van der Waals surface area contributed by atoms with Crippen LogP contribution in [-0.4, -0.2) is 13.1 Å². The molecule has 0 saturated heterocycles. The molecule has 0 aromatic rings. The molecule has 0 N–H and O–H groups in total. The Morgan fingerprint density at radius 3 is 2.64 bits per heavy atom. The van der Waals surface area contributed by atoms with Gasteiger partial charge >= 0.3 is 5.97 Å². The molecule has 1 unspecified atom stereocenters. The van der Waals surface area contributed by atoms with E-state index in [1.807, 2.05) is 0 Å². The monoisotopic (exact) mass is 198 g/mol. The summed E-state index contributed by atoms with van der Waals surface area (Å²) in [6.45, 7) is 2.24. The summed E-state index contributed by atoms with van der Waals surface area (Å²) in [4.78, 5) is 10.9. The maximum atomic E-state index is 10.9. The van der Waals surface area contributed by atoms with Crippen molar-refractivity contribution in [2.24, 2.45) is 11.8 Å². The van der Waals surface area contributed by atoms with E-state index >= 15 is 0 Å². The summed E-state index contributed by atoms with van der Waals surface area (Å²) < 4.78 is 4.62. The minimum Gasteiger partial charge on any atom is -0.469 e. The standard InChI is InChI=1S/C12H22O2/c1-10(7-9-12(13)14-2)6-8-11-4-3-5-11/h10-11H,3-9H2,1-2H3. The zero-order valence-corrected chi connectivity index (χ0v) is 9.42. The van der Waals surface area contributed by atoms with Crippen molar-refractivity contribution in [1.29, 1.82) is 0 Å². The smallest absolute Gasteiger partial charge is 0.305 e. The van der Waals surface area contributed by atoms with E-state index in [0.717, 1.165) is 12.3 Å². The third-order valence-electron chi connectivity index (χ3n) is 3.36. The van der Waals surface area contributed by atoms with Crippen LogP contribution in [0, 0.1) is 11.8 Å². The highest BCUT2D eigenvalue weighted by atomic mass is 16.5. The van der Waals surface area contributed by atoms with Gasteiger partial charge in [-0.1, -0.05) is 39.0 Å². The summed E-state index contributed by atoms with van der Waals surface area (Å²) in [5, 5.41) is 0. The Labute approximate surface area is 87.0 Å². The molecule has 0 heterocycles. The van der Waals surface area contributed by atoms with Crippen LogP contribution < -0.4 is 0 Å². The van der Waals surface area contributed by atoms with Gasteiger partial charge in [-0.3, -0.25) is 4.79 Å². The molecule has 0 aliphatic heterocycles. The van der Waals surface area contributed by atoms with E-state index in [2.05, 4.69) is 11.7 Å². The Kier molecular flexibility index (Phi) is 4.99. The average molecular weight is 198 g/mol. The second kappa shape index (κ2) is 6.05. The van der Waals surface area contributed by atoms with Gasteiger partial charge in [-0.25, -0.2) is 0 Å². The number of ether oxygens (including phenoxy) is 1. The molecule has 2 heteroatoms. The maximum Gasteiger partial charge on any atom is 0.305 e. The minimum absolute atomic E-state index is 0.0690. The molecule has 0 bridgehead atoms. The fraction of sp³-hybridized carbons (Fsp3) is 0.917. The van der Waals surface area contributed by atoms with Crippen LogP contribution in [0.5, 0.6) is 0 Å². The van der Waals surface area contributed by atoms with Crippen LogP contribution in [0.1, 0.15) is 51.9 Å². The molecule has 2 nitrogen and oxygen atoms in total. The third-order valence-corrected chi connectivity index (χ3v) is 3.36.